The van der Waals surface area contributed by atoms with Crippen molar-refractivity contribution in [1.82, 2.24) is 0 Å². The second-order valence-electron chi connectivity index (χ2n) is 5.10. The van der Waals surface area contributed by atoms with Gasteiger partial charge in [0, 0.05) is 18.1 Å². The Morgan fingerprint density at radius 1 is 0.917 bits per heavy atom. The second kappa shape index (κ2) is 7.50. The maximum atomic E-state index is 12.7. The van der Waals surface area contributed by atoms with Crippen molar-refractivity contribution in [1.29, 1.82) is 0 Å². The van der Waals surface area contributed by atoms with Crippen molar-refractivity contribution in [3.8, 4) is 17.2 Å². The van der Waals surface area contributed by atoms with Crippen LogP contribution in [0.5, 0.6) is 17.2 Å². The average Bonchev–Trinajstić information content (AvgIpc) is 2.60. The highest BCUT2D eigenvalue weighted by molar-refractivity contribution is 6.03. The maximum Gasteiger partial charge on any atom is 0.248 e. The maximum absolute atomic E-state index is 12.7. The smallest absolute Gasteiger partial charge is 0.248 e. The molecule has 24 heavy (non-hydrogen) atoms. The molecule has 0 radical (unpaired) electrons. The number of ether oxygens (including phenoxy) is 3. The summed E-state index contributed by atoms with van der Waals surface area (Å²) < 4.78 is 15.6. The summed E-state index contributed by atoms with van der Waals surface area (Å²) >= 11 is 0. The summed E-state index contributed by atoms with van der Waals surface area (Å²) in [5, 5.41) is 0. The minimum absolute atomic E-state index is 0.103. The molecular formula is C18H19NO5. The van der Waals surface area contributed by atoms with Crippen LogP contribution >= 0.6 is 0 Å². The third-order valence-electron chi connectivity index (χ3n) is 3.56. The lowest BCUT2D eigenvalue weighted by atomic mass is 9.99. The number of hydrogen-bond donors (Lipinski definition) is 1. The number of amides is 1. The topological polar surface area (TPSA) is 87.9 Å². The quantitative estimate of drug-likeness (QED) is 0.787. The third kappa shape index (κ3) is 3.84. The van der Waals surface area contributed by atoms with Crippen molar-refractivity contribution in [2.75, 3.05) is 21.3 Å². The summed E-state index contributed by atoms with van der Waals surface area (Å²) in [6, 6.07) is 9.75. The molecule has 2 rings (SSSR count). The third-order valence-corrected chi connectivity index (χ3v) is 3.56. The highest BCUT2D eigenvalue weighted by Gasteiger charge is 2.16. The minimum atomic E-state index is -0.602. The number of Topliss-reactive ketones (excluding diaryl/α,β-unsaturated/α-hetero) is 1. The van der Waals surface area contributed by atoms with Crippen LogP contribution in [-0.4, -0.2) is 33.0 Å². The van der Waals surface area contributed by atoms with E-state index in [1.807, 2.05) is 0 Å². The Kier molecular flexibility index (Phi) is 5.42. The summed E-state index contributed by atoms with van der Waals surface area (Å²) in [5.74, 6) is 0.768. The molecule has 0 bridgehead atoms. The zero-order chi connectivity index (χ0) is 17.7. The number of carbonyl (C=O) groups excluding carboxylic acids is 2. The van der Waals surface area contributed by atoms with Gasteiger partial charge in [0.05, 0.1) is 26.9 Å². The number of methoxy groups -OCH3 is 3. The molecular weight excluding hydrogens is 310 g/mol. The number of benzene rings is 2. The van der Waals surface area contributed by atoms with Gasteiger partial charge in [-0.25, -0.2) is 0 Å². The molecule has 0 atom stereocenters. The molecule has 6 nitrogen and oxygen atoms in total. The lowest BCUT2D eigenvalue weighted by Crippen LogP contribution is -2.13. The molecule has 0 saturated heterocycles. The monoisotopic (exact) mass is 329 g/mol. The Bertz CT molecular complexity index is 748. The van der Waals surface area contributed by atoms with E-state index in [0.717, 1.165) is 5.56 Å². The van der Waals surface area contributed by atoms with Crippen molar-refractivity contribution in [2.45, 2.75) is 6.42 Å². The number of ketones is 1. The van der Waals surface area contributed by atoms with E-state index in [0.29, 0.717) is 22.8 Å². The van der Waals surface area contributed by atoms with Crippen LogP contribution in [0, 0.1) is 0 Å². The van der Waals surface area contributed by atoms with Crippen LogP contribution in [-0.2, 0) is 6.42 Å². The van der Waals surface area contributed by atoms with Gasteiger partial charge in [-0.05, 0) is 35.9 Å². The lowest BCUT2D eigenvalue weighted by molar-refractivity contribution is 0.0990. The average molecular weight is 329 g/mol. The summed E-state index contributed by atoms with van der Waals surface area (Å²) in [5.41, 5.74) is 6.56. The van der Waals surface area contributed by atoms with Gasteiger partial charge in [-0.2, -0.15) is 0 Å². The minimum Gasteiger partial charge on any atom is -0.497 e. The molecule has 0 aliphatic heterocycles. The van der Waals surface area contributed by atoms with Crippen molar-refractivity contribution in [3.05, 3.63) is 53.1 Å². The van der Waals surface area contributed by atoms with E-state index in [2.05, 4.69) is 0 Å². The zero-order valence-electron chi connectivity index (χ0n) is 13.8. The van der Waals surface area contributed by atoms with Crippen LogP contribution in [0.25, 0.3) is 0 Å². The zero-order valence-corrected chi connectivity index (χ0v) is 13.8. The molecule has 0 aliphatic rings. The fourth-order valence-corrected chi connectivity index (χ4v) is 2.33. The predicted molar refractivity (Wildman–Crippen MR) is 89.1 cm³/mol. The molecule has 1 amide bonds. The first-order chi connectivity index (χ1) is 11.5. The van der Waals surface area contributed by atoms with Gasteiger partial charge in [0.25, 0.3) is 0 Å². The van der Waals surface area contributed by atoms with E-state index < -0.39 is 5.91 Å². The van der Waals surface area contributed by atoms with E-state index >= 15 is 0 Å². The Morgan fingerprint density at radius 2 is 1.54 bits per heavy atom. The number of nitrogens with two attached hydrogens (primary N) is 1. The summed E-state index contributed by atoms with van der Waals surface area (Å²) in [7, 11) is 4.55. The van der Waals surface area contributed by atoms with Crippen molar-refractivity contribution in [3.63, 3.8) is 0 Å². The summed E-state index contributed by atoms with van der Waals surface area (Å²) in [4.78, 5) is 24.0. The van der Waals surface area contributed by atoms with Crippen LogP contribution in [0.2, 0.25) is 0 Å². The molecule has 0 aliphatic carbocycles. The van der Waals surface area contributed by atoms with Crippen LogP contribution in [0.4, 0.5) is 0 Å². The van der Waals surface area contributed by atoms with E-state index in [4.69, 9.17) is 19.9 Å². The standard InChI is InChI=1S/C18H19NO5/c1-22-13-6-11(7-14(10-13)23-2)8-16(20)15-9-12(18(19)21)4-5-17(15)24-3/h4-7,9-10H,8H2,1-3H3,(H2,19,21). The van der Waals surface area contributed by atoms with Crippen LogP contribution in [0.3, 0.4) is 0 Å². The summed E-state index contributed by atoms with van der Waals surface area (Å²) in [6.07, 6.45) is 0.103. The molecule has 2 aromatic carbocycles. The number of hydrogen-bond acceptors (Lipinski definition) is 5. The molecule has 126 valence electrons. The van der Waals surface area contributed by atoms with Gasteiger partial charge >= 0.3 is 0 Å². The first kappa shape index (κ1) is 17.3. The highest BCUT2D eigenvalue weighted by Crippen LogP contribution is 2.26. The predicted octanol–water partition coefficient (Wildman–Crippen LogP) is 2.24. The van der Waals surface area contributed by atoms with Gasteiger partial charge in [-0.3, -0.25) is 9.59 Å². The van der Waals surface area contributed by atoms with Crippen LogP contribution < -0.4 is 19.9 Å². The highest BCUT2D eigenvalue weighted by atomic mass is 16.5. The van der Waals surface area contributed by atoms with Gasteiger partial charge < -0.3 is 19.9 Å². The number of primary amides is 1. The van der Waals surface area contributed by atoms with Gasteiger partial charge in [-0.15, -0.1) is 0 Å². The normalized spacial score (nSPS) is 10.1. The first-order valence-corrected chi connectivity index (χ1v) is 7.21. The Balaban J connectivity index is 2.36. The van der Waals surface area contributed by atoms with Crippen molar-refractivity contribution in [2.24, 2.45) is 5.73 Å². The van der Waals surface area contributed by atoms with Crippen molar-refractivity contribution >= 4 is 11.7 Å². The molecule has 6 heteroatoms. The molecule has 0 heterocycles. The lowest BCUT2D eigenvalue weighted by Gasteiger charge is -2.11. The Morgan fingerprint density at radius 3 is 2.04 bits per heavy atom. The van der Waals surface area contributed by atoms with Gasteiger partial charge in [0.2, 0.25) is 5.91 Å². The van der Waals surface area contributed by atoms with Gasteiger partial charge in [0.1, 0.15) is 17.2 Å². The van der Waals surface area contributed by atoms with Gasteiger partial charge in [-0.1, -0.05) is 0 Å². The largest absolute Gasteiger partial charge is 0.497 e. The SMILES string of the molecule is COc1cc(CC(=O)c2cc(C(N)=O)ccc2OC)cc(OC)c1. The summed E-state index contributed by atoms with van der Waals surface area (Å²) in [6.45, 7) is 0. The molecule has 0 spiro atoms. The van der Waals surface area contributed by atoms with E-state index in [-0.39, 0.29) is 17.8 Å². The first-order valence-electron chi connectivity index (χ1n) is 7.21. The molecule has 0 fully saturated rings. The Hall–Kier alpha value is -3.02. The molecule has 0 saturated carbocycles. The van der Waals surface area contributed by atoms with E-state index in [1.54, 1.807) is 38.5 Å². The van der Waals surface area contributed by atoms with E-state index in [1.165, 1.54) is 19.2 Å². The number of rotatable bonds is 7. The van der Waals surface area contributed by atoms with Crippen LogP contribution in [0.15, 0.2) is 36.4 Å². The fourth-order valence-electron chi connectivity index (χ4n) is 2.33. The fraction of sp³-hybridized carbons (Fsp3) is 0.222. The molecule has 2 aromatic rings. The Labute approximate surface area is 140 Å². The van der Waals surface area contributed by atoms with Crippen LogP contribution in [0.1, 0.15) is 26.3 Å². The molecule has 2 N–H and O–H groups in total. The van der Waals surface area contributed by atoms with Crippen molar-refractivity contribution < 1.29 is 23.8 Å². The van der Waals surface area contributed by atoms with Gasteiger partial charge in [0.15, 0.2) is 5.78 Å². The molecule has 0 aromatic heterocycles. The van der Waals surface area contributed by atoms with E-state index in [9.17, 15) is 9.59 Å². The number of carbonyl (C=O) groups is 2. The molecule has 0 unspecified atom stereocenters. The second-order valence-corrected chi connectivity index (χ2v) is 5.10.